The van der Waals surface area contributed by atoms with Gasteiger partial charge in [-0.25, -0.2) is 9.59 Å². The number of aromatic amines is 1. The van der Waals surface area contributed by atoms with E-state index in [0.717, 1.165) is 26.1 Å². The van der Waals surface area contributed by atoms with E-state index in [-0.39, 0.29) is 70.3 Å². The third-order valence-electron chi connectivity index (χ3n) is 7.24. The number of hydrogen-bond acceptors (Lipinski definition) is 8. The van der Waals surface area contributed by atoms with Crippen LogP contribution in [0.15, 0.2) is 97.8 Å². The normalized spacial score (nSPS) is 11.0. The molecule has 0 unspecified atom stereocenters. The quantitative estimate of drug-likeness (QED) is 0.187. The summed E-state index contributed by atoms with van der Waals surface area (Å²) in [5.41, 5.74) is 2.61. The van der Waals surface area contributed by atoms with Crippen molar-refractivity contribution in [3.63, 3.8) is 0 Å². The minimum atomic E-state index is -0.635. The molecule has 0 aliphatic heterocycles. The Morgan fingerprint density at radius 3 is 2.30 bits per heavy atom. The number of aromatic nitrogens is 4. The third kappa shape index (κ3) is 6.27. The second-order valence-electron chi connectivity index (χ2n) is 9.88. The van der Waals surface area contributed by atoms with Gasteiger partial charge in [-0.15, -0.1) is 11.3 Å². The van der Waals surface area contributed by atoms with Crippen LogP contribution in [0.25, 0.3) is 32.7 Å². The number of carbonyl (C=O) groups excluding carboxylic acids is 1. The van der Waals surface area contributed by atoms with Gasteiger partial charge in [0.1, 0.15) is 10.6 Å². The summed E-state index contributed by atoms with van der Waals surface area (Å²) in [5, 5.41) is 4.23. The zero-order valence-corrected chi connectivity index (χ0v) is 24.1. The molecule has 0 saturated carbocycles. The molecule has 3 heterocycles. The summed E-state index contributed by atoms with van der Waals surface area (Å²) in [6.45, 7) is 1.82. The van der Waals surface area contributed by atoms with Crippen LogP contribution in [0.3, 0.4) is 0 Å². The van der Waals surface area contributed by atoms with Crippen molar-refractivity contribution in [2.75, 3.05) is 7.11 Å². The van der Waals surface area contributed by atoms with Crippen molar-refractivity contribution in [3.8, 4) is 28.3 Å². The molecule has 0 radical (unpaired) electrons. The molecule has 10 nitrogen and oxygen atoms in total. The number of benzene rings is 3. The number of carbonyl (C=O) groups is 1. The molecule has 0 saturated heterocycles. The Morgan fingerprint density at radius 2 is 1.66 bits per heavy atom. The van der Waals surface area contributed by atoms with Crippen molar-refractivity contribution in [2.24, 2.45) is 0 Å². The first-order valence-electron chi connectivity index (χ1n) is 13.5. The van der Waals surface area contributed by atoms with Crippen LogP contribution >= 0.6 is 11.3 Å². The number of ether oxygens (including phenoxy) is 1. The van der Waals surface area contributed by atoms with Crippen molar-refractivity contribution < 1.29 is 14.1 Å². The molecule has 3 aromatic heterocycles. The Labute approximate surface area is 297 Å². The second-order valence-corrected chi connectivity index (χ2v) is 11.0. The van der Waals surface area contributed by atoms with Crippen LogP contribution in [0.2, 0.25) is 0 Å². The molecule has 1 N–H and O–H groups in total. The Kier molecular flexibility index (Phi) is 9.78. The molecule has 12 heteroatoms. The van der Waals surface area contributed by atoms with Gasteiger partial charge in [-0.3, -0.25) is 28.2 Å². The molecule has 44 heavy (non-hydrogen) atoms. The summed E-state index contributed by atoms with van der Waals surface area (Å²) in [7, 11) is 1.54. The summed E-state index contributed by atoms with van der Waals surface area (Å²) in [6, 6.07) is 23.5. The summed E-state index contributed by atoms with van der Waals surface area (Å²) in [5.74, 6) is -0.0566. The summed E-state index contributed by atoms with van der Waals surface area (Å²) in [6.07, 6.45) is 0.711. The van der Waals surface area contributed by atoms with E-state index in [1.165, 1.54) is 18.4 Å². The number of hydrogen-bond donors (Lipinski definition) is 1. The fourth-order valence-corrected chi connectivity index (χ4v) is 6.05. The van der Waals surface area contributed by atoms with Gasteiger partial charge in [0.25, 0.3) is 5.56 Å². The molecule has 0 fully saturated rings. The molecule has 0 atom stereocenters. The van der Waals surface area contributed by atoms with Gasteiger partial charge in [0, 0.05) is 16.0 Å². The minimum absolute atomic E-state index is 0. The molecule has 0 spiro atoms. The number of Topliss-reactive ketones (excluding diaryl/α,β-unsaturated/α-hetero) is 1. The fraction of sp³-hybridized carbons (Fsp3) is 0.156. The predicted octanol–water partition coefficient (Wildman–Crippen LogP) is 4.09. The van der Waals surface area contributed by atoms with E-state index in [0.29, 0.717) is 39.3 Å². The molecule has 0 amide bonds. The Balaban J connectivity index is 0.00000384. The number of fused-ring (bicyclic) bond motifs is 1. The van der Waals surface area contributed by atoms with Gasteiger partial charge < -0.3 is 4.74 Å². The number of aryl methyl sites for hydroxylation is 1. The zero-order chi connectivity index (χ0) is 30.1. The molecule has 6 rings (SSSR count). The van der Waals surface area contributed by atoms with Crippen molar-refractivity contribution in [2.45, 2.75) is 26.4 Å². The number of H-pyrrole nitrogens is 1. The summed E-state index contributed by atoms with van der Waals surface area (Å²) in [4.78, 5) is 56.0. The van der Waals surface area contributed by atoms with Crippen LogP contribution in [-0.4, -0.2) is 83.6 Å². The maximum atomic E-state index is 13.8. The molecule has 0 bridgehead atoms. The summed E-state index contributed by atoms with van der Waals surface area (Å²) < 4.78 is 12.4. The molecule has 218 valence electrons. The van der Waals surface area contributed by atoms with Crippen LogP contribution in [0.5, 0.6) is 5.75 Å². The predicted molar refractivity (Wildman–Crippen MR) is 171 cm³/mol. The molecule has 6 aromatic rings. The molecule has 3 aromatic carbocycles. The van der Waals surface area contributed by atoms with E-state index in [2.05, 4.69) is 14.7 Å². The molecule has 0 aliphatic carbocycles. The average Bonchev–Trinajstić information content (AvgIpc) is 3.68. The monoisotopic (exact) mass is 634 g/mol. The van der Waals surface area contributed by atoms with E-state index in [1.54, 1.807) is 34.9 Å². The fourth-order valence-electron chi connectivity index (χ4n) is 4.97. The van der Waals surface area contributed by atoms with Crippen molar-refractivity contribution in [1.82, 2.24) is 19.3 Å². The van der Waals surface area contributed by atoms with Gasteiger partial charge in [0.05, 0.1) is 25.6 Å². The van der Waals surface area contributed by atoms with E-state index in [1.807, 2.05) is 55.5 Å². The first-order chi connectivity index (χ1) is 20.9. The van der Waals surface area contributed by atoms with E-state index >= 15 is 0 Å². The van der Waals surface area contributed by atoms with E-state index in [4.69, 9.17) is 4.74 Å². The first kappa shape index (κ1) is 31.8. The Bertz CT molecular complexity index is 2140. The summed E-state index contributed by atoms with van der Waals surface area (Å²) >= 11 is 1.41. The standard InChI is InChI=1S/C32H26N4O6S.K.H/c1-3-23-16-26-29(38)35(18-27(37)21-12-14-22(41-2)15-13-21)32(40)36(30(26)43-23)17-19-8-10-20(11-9-19)24-6-4-5-7-25(24)28-33-31(39)42-34-28;;/h4-16H,3,17-18H2,1-2H3,(H,33,34,39);;. The van der Waals surface area contributed by atoms with Crippen LogP contribution in [0, 0.1) is 0 Å². The zero-order valence-electron chi connectivity index (χ0n) is 23.3. The van der Waals surface area contributed by atoms with Crippen LogP contribution < -0.4 is 21.7 Å². The van der Waals surface area contributed by atoms with E-state index < -0.39 is 17.0 Å². The SMILES string of the molecule is CCc1cc2c(=O)n(CC(=O)c3ccc(OC)cc3)c(=O)n(Cc3ccc(-c4ccccc4-c4noc(=O)[nH]4)cc3)c2s1.[KH]. The number of ketones is 1. The van der Waals surface area contributed by atoms with Crippen molar-refractivity contribution >= 4 is 78.7 Å². The molecule has 0 aliphatic rings. The number of rotatable bonds is 9. The van der Waals surface area contributed by atoms with Gasteiger partial charge in [0.15, 0.2) is 11.6 Å². The van der Waals surface area contributed by atoms with Crippen LogP contribution in [-0.2, 0) is 19.5 Å². The van der Waals surface area contributed by atoms with Gasteiger partial charge in [0.2, 0.25) is 0 Å². The van der Waals surface area contributed by atoms with E-state index in [9.17, 15) is 19.2 Å². The number of nitrogens with zero attached hydrogens (tertiary/aromatic N) is 3. The molecular weight excluding hydrogens is 608 g/mol. The number of thiophene rings is 1. The second kappa shape index (κ2) is 13.5. The average molecular weight is 635 g/mol. The maximum absolute atomic E-state index is 13.8. The number of methoxy groups -OCH3 is 1. The van der Waals surface area contributed by atoms with Crippen LogP contribution in [0.4, 0.5) is 0 Å². The van der Waals surface area contributed by atoms with Crippen LogP contribution in [0.1, 0.15) is 27.7 Å². The Hall–Kier alpha value is -3.65. The van der Waals surface area contributed by atoms with Crippen molar-refractivity contribution in [1.29, 1.82) is 0 Å². The van der Waals surface area contributed by atoms with Gasteiger partial charge in [-0.05, 0) is 53.4 Å². The topological polar surface area (TPSA) is 129 Å². The third-order valence-corrected chi connectivity index (χ3v) is 8.54. The van der Waals surface area contributed by atoms with Gasteiger partial charge >= 0.3 is 62.8 Å². The number of nitrogens with one attached hydrogen (secondary N) is 1. The van der Waals surface area contributed by atoms with Crippen molar-refractivity contribution in [3.05, 3.63) is 126 Å². The van der Waals surface area contributed by atoms with Gasteiger partial charge in [-0.1, -0.05) is 60.6 Å². The molecular formula is C32H27KN4O6S. The first-order valence-corrected chi connectivity index (χ1v) is 14.4. The van der Waals surface area contributed by atoms with Gasteiger partial charge in [-0.2, -0.15) is 0 Å². The Morgan fingerprint density at radius 1 is 0.955 bits per heavy atom.